The number of hydrogen-bond acceptors (Lipinski definition) is 1. The highest BCUT2D eigenvalue weighted by Gasteiger charge is 2.34. The van der Waals surface area contributed by atoms with Crippen molar-refractivity contribution in [3.05, 3.63) is 0 Å². The highest BCUT2D eigenvalue weighted by Crippen LogP contribution is 2.33. The summed E-state index contributed by atoms with van der Waals surface area (Å²) in [7, 11) is -1.32. The van der Waals surface area contributed by atoms with Crippen LogP contribution in [-0.2, 0) is 0 Å². The van der Waals surface area contributed by atoms with Crippen molar-refractivity contribution in [3.8, 4) is 12.3 Å². The summed E-state index contributed by atoms with van der Waals surface area (Å²) in [6.45, 7) is 12.1. The molecule has 0 bridgehead atoms. The summed E-state index contributed by atoms with van der Waals surface area (Å²) in [5.41, 5.74) is 0. The van der Waals surface area contributed by atoms with Crippen molar-refractivity contribution in [2.24, 2.45) is 0 Å². The van der Waals surface area contributed by atoms with E-state index in [1.807, 2.05) is 0 Å². The van der Waals surface area contributed by atoms with Crippen molar-refractivity contribution in [2.75, 3.05) is 6.54 Å². The van der Waals surface area contributed by atoms with Crippen LogP contribution in [0.5, 0.6) is 0 Å². The predicted octanol–water partition coefficient (Wildman–Crippen LogP) is 2.21. The third-order valence-electron chi connectivity index (χ3n) is 2.51. The average Bonchev–Trinajstić information content (AvgIpc) is 1.81. The fourth-order valence-electron chi connectivity index (χ4n) is 0.537. The van der Waals surface area contributed by atoms with Gasteiger partial charge in [-0.2, -0.15) is 0 Å². The maximum atomic E-state index is 5.19. The average molecular weight is 169 g/mol. The van der Waals surface area contributed by atoms with Crippen molar-refractivity contribution in [3.63, 3.8) is 0 Å². The molecule has 0 spiro atoms. The quantitative estimate of drug-likeness (QED) is 0.494. The van der Waals surface area contributed by atoms with Gasteiger partial charge in [-0.3, -0.25) is 0 Å². The molecule has 0 amide bonds. The monoisotopic (exact) mass is 169 g/mol. The molecule has 1 nitrogen and oxygen atoms in total. The van der Waals surface area contributed by atoms with E-state index in [1.54, 1.807) is 0 Å². The molecule has 0 aromatic carbocycles. The second-order valence-corrected chi connectivity index (χ2v) is 9.54. The van der Waals surface area contributed by atoms with E-state index in [4.69, 9.17) is 6.42 Å². The summed E-state index contributed by atoms with van der Waals surface area (Å²) in [6, 6.07) is 0. The van der Waals surface area contributed by atoms with Gasteiger partial charge in [0.25, 0.3) is 0 Å². The van der Waals surface area contributed by atoms with Crippen LogP contribution < -0.4 is 4.98 Å². The molecule has 0 aliphatic carbocycles. The largest absolute Gasteiger partial charge is 0.327 e. The van der Waals surface area contributed by atoms with E-state index in [1.165, 1.54) is 0 Å². The van der Waals surface area contributed by atoms with Gasteiger partial charge in [-0.05, 0) is 5.04 Å². The fourth-order valence-corrected chi connectivity index (χ4v) is 1.61. The SMILES string of the molecule is C#CCN[Si](C)(C)C(C)(C)C. The molecular formula is C9H19NSi. The van der Waals surface area contributed by atoms with Crippen molar-refractivity contribution >= 4 is 8.24 Å². The first kappa shape index (κ1) is 10.7. The van der Waals surface area contributed by atoms with Gasteiger partial charge in [0.2, 0.25) is 0 Å². The van der Waals surface area contributed by atoms with E-state index in [-0.39, 0.29) is 0 Å². The van der Waals surface area contributed by atoms with Crippen LogP contribution in [0.15, 0.2) is 0 Å². The van der Waals surface area contributed by atoms with Crippen molar-refractivity contribution in [2.45, 2.75) is 38.9 Å². The predicted molar refractivity (Wildman–Crippen MR) is 54.0 cm³/mol. The first-order valence-electron chi connectivity index (χ1n) is 4.00. The molecule has 0 aliphatic heterocycles. The normalized spacial score (nSPS) is 12.7. The molecule has 64 valence electrons. The maximum absolute atomic E-state index is 5.19. The lowest BCUT2D eigenvalue weighted by molar-refractivity contribution is 0.696. The van der Waals surface area contributed by atoms with Crippen LogP contribution in [0.2, 0.25) is 18.1 Å². The van der Waals surface area contributed by atoms with Gasteiger partial charge in [0.15, 0.2) is 0 Å². The lowest BCUT2D eigenvalue weighted by Crippen LogP contribution is -2.52. The topological polar surface area (TPSA) is 12.0 Å². The van der Waals surface area contributed by atoms with Crippen molar-refractivity contribution < 1.29 is 0 Å². The van der Waals surface area contributed by atoms with E-state index in [9.17, 15) is 0 Å². The van der Waals surface area contributed by atoms with Gasteiger partial charge in [0, 0.05) is 0 Å². The zero-order chi connectivity index (χ0) is 9.12. The standard InChI is InChI=1S/C9H19NSi/c1-7-8-10-11(5,6)9(2,3)4/h1,10H,8H2,2-6H3. The zero-order valence-corrected chi connectivity index (χ0v) is 9.28. The summed E-state index contributed by atoms with van der Waals surface area (Å²) in [4.78, 5) is 3.45. The van der Waals surface area contributed by atoms with Crippen molar-refractivity contribution in [1.82, 2.24) is 4.98 Å². The van der Waals surface area contributed by atoms with E-state index in [0.29, 0.717) is 11.6 Å². The molecule has 0 saturated heterocycles. The van der Waals surface area contributed by atoms with Gasteiger partial charge in [0.1, 0.15) is 8.24 Å². The van der Waals surface area contributed by atoms with Gasteiger partial charge in [-0.1, -0.05) is 39.8 Å². The van der Waals surface area contributed by atoms with Crippen LogP contribution in [-0.4, -0.2) is 14.8 Å². The molecule has 0 aromatic heterocycles. The minimum absolute atomic E-state index is 0.379. The Morgan fingerprint density at radius 2 is 1.82 bits per heavy atom. The Morgan fingerprint density at radius 3 is 2.09 bits per heavy atom. The Balaban J connectivity index is 4.13. The van der Waals surface area contributed by atoms with Gasteiger partial charge >= 0.3 is 0 Å². The molecule has 1 N–H and O–H groups in total. The number of terminal acetylenes is 1. The molecule has 0 rings (SSSR count). The summed E-state index contributed by atoms with van der Waals surface area (Å²) >= 11 is 0. The lowest BCUT2D eigenvalue weighted by Gasteiger charge is -2.36. The Hall–Kier alpha value is -0.263. The number of hydrogen-bond donors (Lipinski definition) is 1. The Labute approximate surface area is 71.7 Å². The molecule has 0 heterocycles. The Morgan fingerprint density at radius 1 is 1.36 bits per heavy atom. The fraction of sp³-hybridized carbons (Fsp3) is 0.778. The van der Waals surface area contributed by atoms with Crippen LogP contribution in [0, 0.1) is 12.3 Å². The maximum Gasteiger partial charge on any atom is 0.125 e. The van der Waals surface area contributed by atoms with E-state index in [0.717, 1.165) is 0 Å². The summed E-state index contributed by atoms with van der Waals surface area (Å²) in [5, 5.41) is 0.379. The Kier molecular flexibility index (Phi) is 3.34. The third kappa shape index (κ3) is 3.09. The molecule has 0 radical (unpaired) electrons. The smallest absolute Gasteiger partial charge is 0.125 e. The highest BCUT2D eigenvalue weighted by molar-refractivity contribution is 6.77. The summed E-state index contributed by atoms with van der Waals surface area (Å²) in [6.07, 6.45) is 5.19. The van der Waals surface area contributed by atoms with E-state index < -0.39 is 8.24 Å². The molecule has 2 heteroatoms. The van der Waals surface area contributed by atoms with Crippen LogP contribution in [0.3, 0.4) is 0 Å². The highest BCUT2D eigenvalue weighted by atomic mass is 28.3. The summed E-state index contributed by atoms with van der Waals surface area (Å²) in [5.74, 6) is 2.62. The lowest BCUT2D eigenvalue weighted by atomic mass is 10.2. The molecular weight excluding hydrogens is 150 g/mol. The molecule has 0 atom stereocenters. The van der Waals surface area contributed by atoms with E-state index >= 15 is 0 Å². The van der Waals surface area contributed by atoms with Gasteiger partial charge in [-0.25, -0.2) is 0 Å². The first-order valence-corrected chi connectivity index (χ1v) is 7.00. The molecule has 0 aliphatic rings. The van der Waals surface area contributed by atoms with Gasteiger partial charge in [-0.15, -0.1) is 6.42 Å². The number of rotatable bonds is 2. The molecule has 0 unspecified atom stereocenters. The minimum atomic E-state index is -1.32. The second-order valence-electron chi connectivity index (χ2n) is 4.43. The summed E-state index contributed by atoms with van der Waals surface area (Å²) < 4.78 is 0. The first-order chi connectivity index (χ1) is 4.81. The Bertz CT molecular complexity index is 159. The zero-order valence-electron chi connectivity index (χ0n) is 8.28. The second kappa shape index (κ2) is 3.42. The van der Waals surface area contributed by atoms with Crippen LogP contribution in [0.4, 0.5) is 0 Å². The molecule has 11 heavy (non-hydrogen) atoms. The molecule has 0 saturated carbocycles. The van der Waals surface area contributed by atoms with Gasteiger partial charge in [0.05, 0.1) is 6.54 Å². The van der Waals surface area contributed by atoms with Crippen LogP contribution >= 0.6 is 0 Å². The molecule has 0 fully saturated rings. The number of nitrogens with one attached hydrogen (secondary N) is 1. The molecule has 0 aromatic rings. The van der Waals surface area contributed by atoms with Gasteiger partial charge < -0.3 is 4.98 Å². The minimum Gasteiger partial charge on any atom is -0.327 e. The van der Waals surface area contributed by atoms with Crippen LogP contribution in [0.1, 0.15) is 20.8 Å². The third-order valence-corrected chi connectivity index (χ3v) is 7.32. The van der Waals surface area contributed by atoms with E-state index in [2.05, 4.69) is 44.8 Å². The van der Waals surface area contributed by atoms with Crippen LogP contribution in [0.25, 0.3) is 0 Å². The van der Waals surface area contributed by atoms with Crippen molar-refractivity contribution in [1.29, 1.82) is 0 Å².